The molecule has 0 spiro atoms. The fourth-order valence-electron chi connectivity index (χ4n) is 2.72. The number of rotatable bonds is 18. The lowest BCUT2D eigenvalue weighted by Crippen LogP contribution is -2.34. The van der Waals surface area contributed by atoms with Gasteiger partial charge in [0, 0.05) is 33.5 Å². The maximum absolute atomic E-state index is 11.9. The van der Waals surface area contributed by atoms with Crippen molar-refractivity contribution in [1.29, 1.82) is 0 Å². The number of nitrogens with zero attached hydrogens (tertiary/aromatic N) is 1. The van der Waals surface area contributed by atoms with E-state index >= 15 is 0 Å². The molecule has 28 heavy (non-hydrogen) atoms. The lowest BCUT2D eigenvalue weighted by molar-refractivity contribution is -0.146. The molecule has 0 amide bonds. The van der Waals surface area contributed by atoms with Gasteiger partial charge in [0.1, 0.15) is 13.2 Å². The van der Waals surface area contributed by atoms with Crippen LogP contribution in [0, 0.1) is 0 Å². The molecule has 0 aliphatic heterocycles. The molecule has 0 heterocycles. The Morgan fingerprint density at radius 1 is 0.643 bits per heavy atom. The lowest BCUT2D eigenvalue weighted by Gasteiger charge is -2.21. The van der Waals surface area contributed by atoms with E-state index in [9.17, 15) is 14.4 Å². The second-order valence-corrected chi connectivity index (χ2v) is 6.97. The topological polar surface area (TPSA) is 82.1 Å². The van der Waals surface area contributed by atoms with Gasteiger partial charge in [-0.1, -0.05) is 51.9 Å². The van der Waals surface area contributed by atoms with Crippen molar-refractivity contribution < 1.29 is 28.6 Å². The number of hydrogen-bond acceptors (Lipinski definition) is 7. The van der Waals surface area contributed by atoms with Gasteiger partial charge in [-0.2, -0.15) is 0 Å². The minimum atomic E-state index is -0.343. The van der Waals surface area contributed by atoms with E-state index in [1.54, 1.807) is 0 Å². The lowest BCUT2D eigenvalue weighted by atomic mass is 10.1. The third-order valence-electron chi connectivity index (χ3n) is 4.32. The molecular weight excluding hydrogens is 362 g/mol. The molecule has 0 aliphatic carbocycles. The molecule has 0 N–H and O–H groups in total. The van der Waals surface area contributed by atoms with Gasteiger partial charge in [-0.25, -0.2) is 0 Å². The van der Waals surface area contributed by atoms with Crippen molar-refractivity contribution in [3.8, 4) is 0 Å². The molecule has 0 aromatic carbocycles. The van der Waals surface area contributed by atoms with Crippen LogP contribution in [-0.2, 0) is 28.6 Å². The Labute approximate surface area is 170 Å². The molecule has 164 valence electrons. The number of carbonyl (C=O) groups is 3. The molecule has 0 unspecified atom stereocenters. The number of carbonyl (C=O) groups excluding carboxylic acids is 3. The third-order valence-corrected chi connectivity index (χ3v) is 4.32. The number of unbranched alkanes of at least 4 members (excludes halogenated alkanes) is 7. The van der Waals surface area contributed by atoms with Gasteiger partial charge in [0.05, 0.1) is 13.0 Å². The van der Waals surface area contributed by atoms with Crippen LogP contribution in [0.25, 0.3) is 0 Å². The monoisotopic (exact) mass is 401 g/mol. The first kappa shape index (κ1) is 26.4. The summed E-state index contributed by atoms with van der Waals surface area (Å²) < 4.78 is 15.2. The highest BCUT2D eigenvalue weighted by molar-refractivity contribution is 5.69. The summed E-state index contributed by atoms with van der Waals surface area (Å²) in [4.78, 5) is 35.6. The van der Waals surface area contributed by atoms with Crippen LogP contribution in [0.3, 0.4) is 0 Å². The predicted octanol–water partition coefficient (Wildman–Crippen LogP) is 3.49. The van der Waals surface area contributed by atoms with Gasteiger partial charge in [0.2, 0.25) is 0 Å². The molecule has 0 saturated heterocycles. The Hall–Kier alpha value is -1.63. The van der Waals surface area contributed by atoms with Gasteiger partial charge in [0.25, 0.3) is 0 Å². The third kappa shape index (κ3) is 19.1. The number of esters is 3. The van der Waals surface area contributed by atoms with E-state index < -0.39 is 0 Å². The van der Waals surface area contributed by atoms with Crippen LogP contribution in [-0.4, -0.2) is 62.3 Å². The summed E-state index contributed by atoms with van der Waals surface area (Å²) in [6.07, 6.45) is 9.91. The first-order valence-electron chi connectivity index (χ1n) is 10.6. The van der Waals surface area contributed by atoms with Gasteiger partial charge < -0.3 is 14.2 Å². The molecule has 0 aliphatic rings. The molecule has 0 rings (SSSR count). The van der Waals surface area contributed by atoms with E-state index in [1.807, 2.05) is 4.90 Å². The highest BCUT2D eigenvalue weighted by atomic mass is 16.5. The second kappa shape index (κ2) is 18.7. The zero-order chi connectivity index (χ0) is 21.0. The highest BCUT2D eigenvalue weighted by Gasteiger charge is 2.11. The maximum Gasteiger partial charge on any atom is 0.307 e. The molecule has 7 nitrogen and oxygen atoms in total. The van der Waals surface area contributed by atoms with Crippen LogP contribution in [0.5, 0.6) is 0 Å². The van der Waals surface area contributed by atoms with Gasteiger partial charge in [-0.05, 0) is 6.42 Å². The van der Waals surface area contributed by atoms with E-state index in [4.69, 9.17) is 14.2 Å². The molecular formula is C21H39NO6. The summed E-state index contributed by atoms with van der Waals surface area (Å²) in [5.41, 5.74) is 0. The summed E-state index contributed by atoms with van der Waals surface area (Å²) in [5.74, 6) is -0.915. The van der Waals surface area contributed by atoms with Gasteiger partial charge in [-0.3, -0.25) is 19.3 Å². The second-order valence-electron chi connectivity index (χ2n) is 6.97. The van der Waals surface area contributed by atoms with Crippen molar-refractivity contribution in [1.82, 2.24) is 4.90 Å². The normalized spacial score (nSPS) is 10.7. The van der Waals surface area contributed by atoms with Crippen LogP contribution >= 0.6 is 0 Å². The molecule has 0 aromatic rings. The van der Waals surface area contributed by atoms with Crippen molar-refractivity contribution >= 4 is 17.9 Å². The summed E-state index contributed by atoms with van der Waals surface area (Å²) in [6.45, 7) is 7.29. The molecule has 0 atom stereocenters. The fourth-order valence-corrected chi connectivity index (χ4v) is 2.72. The smallest absolute Gasteiger partial charge is 0.307 e. The Kier molecular flexibility index (Phi) is 17.6. The molecule has 0 saturated carbocycles. The highest BCUT2D eigenvalue weighted by Crippen LogP contribution is 2.08. The van der Waals surface area contributed by atoms with Crippen LogP contribution < -0.4 is 0 Å². The summed E-state index contributed by atoms with van der Waals surface area (Å²) in [5, 5.41) is 0. The Bertz CT molecular complexity index is 407. The minimum Gasteiger partial charge on any atom is -0.466 e. The van der Waals surface area contributed by atoms with Crippen LogP contribution in [0.1, 0.15) is 78.6 Å². The Morgan fingerprint density at radius 2 is 1.14 bits per heavy atom. The largest absolute Gasteiger partial charge is 0.466 e. The average molecular weight is 402 g/mol. The average Bonchev–Trinajstić information content (AvgIpc) is 2.63. The quantitative estimate of drug-likeness (QED) is 0.197. The van der Waals surface area contributed by atoms with Crippen molar-refractivity contribution in [3.63, 3.8) is 0 Å². The van der Waals surface area contributed by atoms with Gasteiger partial charge in [0.15, 0.2) is 0 Å². The molecule has 0 bridgehead atoms. The predicted molar refractivity (Wildman–Crippen MR) is 108 cm³/mol. The van der Waals surface area contributed by atoms with Crippen molar-refractivity contribution in [2.45, 2.75) is 78.6 Å². The molecule has 0 fully saturated rings. The summed E-state index contributed by atoms with van der Waals surface area (Å²) >= 11 is 0. The van der Waals surface area contributed by atoms with E-state index in [0.717, 1.165) is 12.8 Å². The number of ether oxygens (including phenoxy) is 3. The minimum absolute atomic E-state index is 0.229. The van der Waals surface area contributed by atoms with Crippen molar-refractivity contribution in [3.05, 3.63) is 0 Å². The van der Waals surface area contributed by atoms with Gasteiger partial charge >= 0.3 is 17.9 Å². The van der Waals surface area contributed by atoms with Crippen molar-refractivity contribution in [2.24, 2.45) is 0 Å². The summed E-state index contributed by atoms with van der Waals surface area (Å²) in [7, 11) is 0. The van der Waals surface area contributed by atoms with Crippen LogP contribution in [0.4, 0.5) is 0 Å². The van der Waals surface area contributed by atoms with E-state index in [1.165, 1.54) is 52.4 Å². The Morgan fingerprint density at radius 3 is 1.64 bits per heavy atom. The van der Waals surface area contributed by atoms with Gasteiger partial charge in [-0.15, -0.1) is 0 Å². The van der Waals surface area contributed by atoms with E-state index in [-0.39, 0.29) is 37.5 Å². The standard InChI is InChI=1S/C21H39NO6/c1-4-5-6-7-8-9-10-11-16-28-21(25)12-13-22(14-17-26-19(2)23)15-18-27-20(3)24/h4-18H2,1-3H3. The zero-order valence-electron chi connectivity index (χ0n) is 18.0. The molecule has 0 aromatic heterocycles. The Balaban J connectivity index is 3.85. The first-order valence-corrected chi connectivity index (χ1v) is 10.6. The molecule has 0 radical (unpaired) electrons. The summed E-state index contributed by atoms with van der Waals surface area (Å²) in [6, 6.07) is 0. The SMILES string of the molecule is CCCCCCCCCCOC(=O)CCN(CCOC(C)=O)CCOC(C)=O. The van der Waals surface area contributed by atoms with Crippen LogP contribution in [0.2, 0.25) is 0 Å². The van der Waals surface area contributed by atoms with E-state index in [2.05, 4.69) is 6.92 Å². The van der Waals surface area contributed by atoms with Crippen LogP contribution in [0.15, 0.2) is 0 Å². The zero-order valence-corrected chi connectivity index (χ0v) is 18.0. The fraction of sp³-hybridized carbons (Fsp3) is 0.857. The number of hydrogen-bond donors (Lipinski definition) is 0. The van der Waals surface area contributed by atoms with Crippen molar-refractivity contribution in [2.75, 3.05) is 39.5 Å². The maximum atomic E-state index is 11.9. The first-order chi connectivity index (χ1) is 13.5. The van der Waals surface area contributed by atoms with E-state index in [0.29, 0.717) is 26.2 Å². The molecule has 7 heteroatoms.